The number of nitrogens with zero attached hydrogens (tertiary/aromatic N) is 4. The molecular weight excluding hydrogens is 336 g/mol. The van der Waals surface area contributed by atoms with Crippen molar-refractivity contribution in [2.75, 3.05) is 25.9 Å². The van der Waals surface area contributed by atoms with Gasteiger partial charge in [-0.3, -0.25) is 9.58 Å². The third-order valence-electron chi connectivity index (χ3n) is 5.36. The van der Waals surface area contributed by atoms with Gasteiger partial charge in [-0.2, -0.15) is 5.10 Å². The number of rotatable bonds is 3. The summed E-state index contributed by atoms with van der Waals surface area (Å²) in [6, 6.07) is 10.4. The second-order valence-electron chi connectivity index (χ2n) is 7.43. The summed E-state index contributed by atoms with van der Waals surface area (Å²) in [5.74, 6) is 0. The predicted molar refractivity (Wildman–Crippen MR) is 96.5 cm³/mol. The fourth-order valence-electron chi connectivity index (χ4n) is 4.29. The minimum Gasteiger partial charge on any atom is -0.294 e. The van der Waals surface area contributed by atoms with Gasteiger partial charge in [-0.15, -0.1) is 0 Å². The fraction of sp³-hybridized carbons (Fsp3) is 0.500. The Kier molecular flexibility index (Phi) is 3.97. The van der Waals surface area contributed by atoms with Crippen LogP contribution >= 0.6 is 0 Å². The molecule has 1 spiro atoms. The minimum atomic E-state index is -3.17. The molecule has 1 aromatic carbocycles. The maximum Gasteiger partial charge on any atom is 0.211 e. The van der Waals surface area contributed by atoms with Gasteiger partial charge in [0.25, 0.3) is 0 Å². The molecule has 2 aliphatic heterocycles. The van der Waals surface area contributed by atoms with E-state index >= 15 is 0 Å². The van der Waals surface area contributed by atoms with Crippen LogP contribution in [0.3, 0.4) is 0 Å². The largest absolute Gasteiger partial charge is 0.294 e. The molecule has 2 aromatic rings. The highest BCUT2D eigenvalue weighted by Crippen LogP contribution is 2.41. The summed E-state index contributed by atoms with van der Waals surface area (Å²) in [7, 11) is -1.23. The number of fused-ring (bicyclic) bond motifs is 2. The Morgan fingerprint density at radius 2 is 1.96 bits per heavy atom. The SMILES string of the molecule is Cn1cc2c(n1)C1(CCN(S(C)(=O)=O)C1)CN(Cc1ccccc1)C2. The Hall–Kier alpha value is -1.70. The lowest BCUT2D eigenvalue weighted by molar-refractivity contribution is 0.170. The van der Waals surface area contributed by atoms with Gasteiger partial charge in [-0.25, -0.2) is 12.7 Å². The van der Waals surface area contributed by atoms with Crippen LogP contribution in [0.25, 0.3) is 0 Å². The smallest absolute Gasteiger partial charge is 0.211 e. The van der Waals surface area contributed by atoms with E-state index in [-0.39, 0.29) is 5.41 Å². The maximum absolute atomic E-state index is 12.0. The van der Waals surface area contributed by atoms with Crippen molar-refractivity contribution in [3.63, 3.8) is 0 Å². The number of hydrogen-bond acceptors (Lipinski definition) is 4. The normalized spacial score (nSPS) is 24.7. The Bertz CT molecular complexity index is 878. The number of benzene rings is 1. The third-order valence-corrected chi connectivity index (χ3v) is 6.61. The zero-order chi connectivity index (χ0) is 17.7. The molecule has 0 amide bonds. The zero-order valence-electron chi connectivity index (χ0n) is 14.7. The van der Waals surface area contributed by atoms with Crippen LogP contribution in [0.4, 0.5) is 0 Å². The van der Waals surface area contributed by atoms with E-state index in [9.17, 15) is 8.42 Å². The van der Waals surface area contributed by atoms with Crippen molar-refractivity contribution < 1.29 is 8.42 Å². The second kappa shape index (κ2) is 5.93. The lowest BCUT2D eigenvalue weighted by Gasteiger charge is -2.39. The summed E-state index contributed by atoms with van der Waals surface area (Å²) in [6.07, 6.45) is 4.21. The van der Waals surface area contributed by atoms with E-state index in [1.807, 2.05) is 17.8 Å². The Labute approximate surface area is 149 Å². The van der Waals surface area contributed by atoms with E-state index in [0.717, 1.165) is 31.7 Å². The molecular formula is C18H24N4O2S. The van der Waals surface area contributed by atoms with Gasteiger partial charge in [-0.05, 0) is 12.0 Å². The average Bonchev–Trinajstić information content (AvgIpc) is 3.13. The van der Waals surface area contributed by atoms with Crippen molar-refractivity contribution in [2.24, 2.45) is 7.05 Å². The minimum absolute atomic E-state index is 0.202. The molecule has 0 saturated carbocycles. The van der Waals surface area contributed by atoms with E-state index < -0.39 is 10.0 Å². The molecule has 3 heterocycles. The predicted octanol–water partition coefficient (Wildman–Crippen LogP) is 1.34. The summed E-state index contributed by atoms with van der Waals surface area (Å²) < 4.78 is 27.5. The van der Waals surface area contributed by atoms with Gasteiger partial charge in [0.1, 0.15) is 0 Å². The lowest BCUT2D eigenvalue weighted by atomic mass is 9.78. The van der Waals surface area contributed by atoms with E-state index in [1.54, 1.807) is 4.31 Å². The molecule has 2 aliphatic rings. The van der Waals surface area contributed by atoms with Crippen LogP contribution in [0.2, 0.25) is 0 Å². The van der Waals surface area contributed by atoms with Gasteiger partial charge in [0, 0.05) is 56.9 Å². The van der Waals surface area contributed by atoms with Gasteiger partial charge in [0.05, 0.1) is 11.9 Å². The molecule has 7 heteroatoms. The first-order chi connectivity index (χ1) is 11.9. The molecule has 134 valence electrons. The molecule has 6 nitrogen and oxygen atoms in total. The van der Waals surface area contributed by atoms with Crippen LogP contribution < -0.4 is 0 Å². The average molecular weight is 360 g/mol. The van der Waals surface area contributed by atoms with Crippen LogP contribution in [0.15, 0.2) is 36.5 Å². The van der Waals surface area contributed by atoms with Crippen LogP contribution in [0.5, 0.6) is 0 Å². The summed E-state index contributed by atoms with van der Waals surface area (Å²) in [6.45, 7) is 3.68. The molecule has 1 atom stereocenters. The van der Waals surface area contributed by atoms with Gasteiger partial charge in [0.2, 0.25) is 10.0 Å². The quantitative estimate of drug-likeness (QED) is 0.829. The molecule has 4 rings (SSSR count). The molecule has 1 fully saturated rings. The zero-order valence-corrected chi connectivity index (χ0v) is 15.5. The number of aromatic nitrogens is 2. The number of sulfonamides is 1. The standard InChI is InChI=1S/C18H24N4O2S/c1-20-11-16-12-21(10-15-6-4-3-5-7-15)13-18(17(16)19-20)8-9-22(14-18)25(2,23)24/h3-7,11H,8-10,12-14H2,1-2H3. The van der Waals surface area contributed by atoms with Gasteiger partial charge >= 0.3 is 0 Å². The number of aryl methyl sites for hydroxylation is 1. The van der Waals surface area contributed by atoms with E-state index in [1.165, 1.54) is 17.4 Å². The monoisotopic (exact) mass is 360 g/mol. The molecule has 0 aliphatic carbocycles. The molecule has 1 saturated heterocycles. The van der Waals surface area contributed by atoms with Gasteiger partial charge in [-0.1, -0.05) is 30.3 Å². The van der Waals surface area contributed by atoms with Crippen molar-refractivity contribution in [3.05, 3.63) is 53.3 Å². The second-order valence-corrected chi connectivity index (χ2v) is 9.42. The maximum atomic E-state index is 12.0. The molecule has 25 heavy (non-hydrogen) atoms. The van der Waals surface area contributed by atoms with Crippen molar-refractivity contribution in [2.45, 2.75) is 24.9 Å². The van der Waals surface area contributed by atoms with Crippen molar-refractivity contribution >= 4 is 10.0 Å². The van der Waals surface area contributed by atoms with E-state index in [4.69, 9.17) is 5.10 Å². The number of hydrogen-bond donors (Lipinski definition) is 0. The van der Waals surface area contributed by atoms with Crippen molar-refractivity contribution in [1.82, 2.24) is 19.0 Å². The van der Waals surface area contributed by atoms with Crippen LogP contribution in [-0.4, -0.2) is 53.3 Å². The Balaban J connectivity index is 1.66. The van der Waals surface area contributed by atoms with Crippen molar-refractivity contribution in [3.8, 4) is 0 Å². The molecule has 0 radical (unpaired) electrons. The molecule has 0 bridgehead atoms. The highest BCUT2D eigenvalue weighted by atomic mass is 32.2. The Morgan fingerprint density at radius 3 is 2.64 bits per heavy atom. The molecule has 0 N–H and O–H groups in total. The first-order valence-corrected chi connectivity index (χ1v) is 10.4. The third kappa shape index (κ3) is 3.12. The first kappa shape index (κ1) is 16.8. The summed E-state index contributed by atoms with van der Waals surface area (Å²) in [5, 5.41) is 4.71. The van der Waals surface area contributed by atoms with E-state index in [0.29, 0.717) is 13.1 Å². The highest BCUT2D eigenvalue weighted by Gasteiger charge is 2.48. The first-order valence-electron chi connectivity index (χ1n) is 8.60. The topological polar surface area (TPSA) is 58.4 Å². The lowest BCUT2D eigenvalue weighted by Crippen LogP contribution is -2.47. The summed E-state index contributed by atoms with van der Waals surface area (Å²) in [4.78, 5) is 2.42. The van der Waals surface area contributed by atoms with Crippen LogP contribution in [-0.2, 0) is 35.6 Å². The van der Waals surface area contributed by atoms with Gasteiger partial charge < -0.3 is 0 Å². The van der Waals surface area contributed by atoms with Gasteiger partial charge in [0.15, 0.2) is 0 Å². The fourth-order valence-corrected chi connectivity index (χ4v) is 5.20. The van der Waals surface area contributed by atoms with Crippen LogP contribution in [0, 0.1) is 0 Å². The summed E-state index contributed by atoms with van der Waals surface area (Å²) in [5.41, 5.74) is 3.39. The van der Waals surface area contributed by atoms with E-state index in [2.05, 4.69) is 35.4 Å². The molecule has 1 aromatic heterocycles. The molecule has 1 unspecified atom stereocenters. The van der Waals surface area contributed by atoms with Crippen LogP contribution in [0.1, 0.15) is 23.2 Å². The Morgan fingerprint density at radius 1 is 1.20 bits per heavy atom. The van der Waals surface area contributed by atoms with Crippen molar-refractivity contribution in [1.29, 1.82) is 0 Å². The summed E-state index contributed by atoms with van der Waals surface area (Å²) >= 11 is 0. The highest BCUT2D eigenvalue weighted by molar-refractivity contribution is 7.88.